The SMILES string of the molecule is CC(=O)OC[C@H]1O[C@H](OC(C)=O)C(N=[N+]=[N-])[C@@H](OC(C)=O)[C@@H]1OC(C)=O. The maximum atomic E-state index is 11.5. The summed E-state index contributed by atoms with van der Waals surface area (Å²) >= 11 is 0. The van der Waals surface area contributed by atoms with Crippen LogP contribution in [0, 0.1) is 0 Å². The van der Waals surface area contributed by atoms with E-state index in [2.05, 4.69) is 10.0 Å². The number of carbonyl (C=O) groups excluding carboxylic acids is 4. The average Bonchev–Trinajstić information content (AvgIpc) is 2.49. The van der Waals surface area contributed by atoms with Crippen molar-refractivity contribution in [2.75, 3.05) is 6.61 Å². The van der Waals surface area contributed by atoms with Crippen LogP contribution in [-0.2, 0) is 42.9 Å². The van der Waals surface area contributed by atoms with Crippen molar-refractivity contribution < 1.29 is 42.9 Å². The minimum Gasteiger partial charge on any atom is -0.463 e. The molecule has 144 valence electrons. The van der Waals surface area contributed by atoms with E-state index in [9.17, 15) is 19.2 Å². The molecule has 12 heteroatoms. The van der Waals surface area contributed by atoms with Gasteiger partial charge in [0, 0.05) is 32.6 Å². The molecular formula is C14H19N3O9. The van der Waals surface area contributed by atoms with E-state index in [4.69, 9.17) is 29.2 Å². The van der Waals surface area contributed by atoms with Gasteiger partial charge in [0.05, 0.1) is 0 Å². The zero-order valence-electron chi connectivity index (χ0n) is 14.6. The number of hydrogen-bond donors (Lipinski definition) is 0. The lowest BCUT2D eigenvalue weighted by molar-refractivity contribution is -0.267. The number of ether oxygens (including phenoxy) is 5. The van der Waals surface area contributed by atoms with Gasteiger partial charge in [-0.05, 0) is 5.53 Å². The monoisotopic (exact) mass is 373 g/mol. The number of hydrogen-bond acceptors (Lipinski definition) is 10. The zero-order valence-corrected chi connectivity index (χ0v) is 14.6. The summed E-state index contributed by atoms with van der Waals surface area (Å²) in [6.45, 7) is 4.06. The summed E-state index contributed by atoms with van der Waals surface area (Å²) in [7, 11) is 0. The van der Waals surface area contributed by atoms with Crippen molar-refractivity contribution in [3.05, 3.63) is 10.4 Å². The first-order chi connectivity index (χ1) is 12.1. The maximum Gasteiger partial charge on any atom is 0.304 e. The Morgan fingerprint density at radius 3 is 1.92 bits per heavy atom. The van der Waals surface area contributed by atoms with Gasteiger partial charge in [0.15, 0.2) is 12.2 Å². The zero-order chi connectivity index (χ0) is 19.9. The Labute approximate surface area is 148 Å². The smallest absolute Gasteiger partial charge is 0.304 e. The molecule has 0 amide bonds. The van der Waals surface area contributed by atoms with Gasteiger partial charge in [0.1, 0.15) is 18.8 Å². The highest BCUT2D eigenvalue weighted by Crippen LogP contribution is 2.29. The summed E-state index contributed by atoms with van der Waals surface area (Å²) in [5.41, 5.74) is 8.78. The summed E-state index contributed by atoms with van der Waals surface area (Å²) in [6.07, 6.45) is -5.18. The molecule has 0 saturated carbocycles. The molecular weight excluding hydrogens is 354 g/mol. The second-order valence-electron chi connectivity index (χ2n) is 5.30. The Morgan fingerprint density at radius 2 is 1.46 bits per heavy atom. The largest absolute Gasteiger partial charge is 0.463 e. The van der Waals surface area contributed by atoms with E-state index in [1.807, 2.05) is 0 Å². The number of nitrogens with zero attached hydrogens (tertiary/aromatic N) is 3. The van der Waals surface area contributed by atoms with Crippen LogP contribution >= 0.6 is 0 Å². The summed E-state index contributed by atoms with van der Waals surface area (Å²) < 4.78 is 25.5. The van der Waals surface area contributed by atoms with Crippen LogP contribution in [0.4, 0.5) is 0 Å². The van der Waals surface area contributed by atoms with E-state index >= 15 is 0 Å². The van der Waals surface area contributed by atoms with Crippen molar-refractivity contribution >= 4 is 23.9 Å². The van der Waals surface area contributed by atoms with Gasteiger partial charge in [0.25, 0.3) is 0 Å². The van der Waals surface area contributed by atoms with Crippen molar-refractivity contribution in [2.45, 2.75) is 58.3 Å². The third-order valence-corrected chi connectivity index (χ3v) is 3.14. The topological polar surface area (TPSA) is 163 Å². The molecule has 0 bridgehead atoms. The minimum atomic E-state index is -1.44. The molecule has 1 rings (SSSR count). The Kier molecular flexibility index (Phi) is 7.81. The third-order valence-electron chi connectivity index (χ3n) is 3.14. The molecule has 1 heterocycles. The first-order valence-corrected chi connectivity index (χ1v) is 7.50. The van der Waals surface area contributed by atoms with E-state index in [1.54, 1.807) is 0 Å². The standard InChI is InChI=1S/C14H19N3O9/c1-6(18)22-5-10-12(23-7(2)19)13(24-8(3)20)11(16-17-15)14(26-10)25-9(4)21/h10-14H,5H2,1-4H3/t10-,11?,12-,13-,14+/m1/s1. The lowest BCUT2D eigenvalue weighted by atomic mass is 9.97. The number of azide groups is 1. The van der Waals surface area contributed by atoms with Crippen LogP contribution in [0.2, 0.25) is 0 Å². The van der Waals surface area contributed by atoms with E-state index in [0.717, 1.165) is 27.7 Å². The predicted octanol–water partition coefficient (Wildman–Crippen LogP) is 0.380. The molecule has 0 radical (unpaired) electrons. The summed E-state index contributed by atoms with van der Waals surface area (Å²) in [5.74, 6) is -2.90. The highest BCUT2D eigenvalue weighted by Gasteiger charge is 2.51. The molecule has 0 spiro atoms. The van der Waals surface area contributed by atoms with Gasteiger partial charge in [-0.25, -0.2) is 0 Å². The van der Waals surface area contributed by atoms with Crippen molar-refractivity contribution in [3.63, 3.8) is 0 Å². The Bertz CT molecular complexity index is 617. The summed E-state index contributed by atoms with van der Waals surface area (Å²) in [6, 6.07) is -1.33. The molecule has 1 aliphatic heterocycles. The van der Waals surface area contributed by atoms with Crippen molar-refractivity contribution in [3.8, 4) is 0 Å². The fourth-order valence-electron chi connectivity index (χ4n) is 2.33. The second-order valence-corrected chi connectivity index (χ2v) is 5.30. The van der Waals surface area contributed by atoms with Gasteiger partial charge in [0.2, 0.25) is 6.29 Å². The van der Waals surface area contributed by atoms with Gasteiger partial charge < -0.3 is 23.7 Å². The van der Waals surface area contributed by atoms with Crippen LogP contribution in [0.15, 0.2) is 5.11 Å². The lowest BCUT2D eigenvalue weighted by Gasteiger charge is -2.42. The second kappa shape index (κ2) is 9.59. The van der Waals surface area contributed by atoms with Crippen LogP contribution in [0.3, 0.4) is 0 Å². The first kappa shape index (κ1) is 21.2. The third kappa shape index (κ3) is 6.22. The Hall–Kier alpha value is -2.85. The average molecular weight is 373 g/mol. The molecule has 0 aliphatic carbocycles. The molecule has 5 atom stereocenters. The van der Waals surface area contributed by atoms with Crippen LogP contribution in [0.25, 0.3) is 10.4 Å². The van der Waals surface area contributed by atoms with Crippen LogP contribution in [0.5, 0.6) is 0 Å². The highest BCUT2D eigenvalue weighted by atomic mass is 16.7. The van der Waals surface area contributed by atoms with Crippen molar-refractivity contribution in [1.29, 1.82) is 0 Å². The molecule has 1 aliphatic rings. The van der Waals surface area contributed by atoms with Gasteiger partial charge in [-0.3, -0.25) is 19.2 Å². The van der Waals surface area contributed by atoms with E-state index in [0.29, 0.717) is 0 Å². The molecule has 0 aromatic heterocycles. The molecule has 1 saturated heterocycles. The van der Waals surface area contributed by atoms with E-state index in [-0.39, 0.29) is 6.61 Å². The quantitative estimate of drug-likeness (QED) is 0.210. The van der Waals surface area contributed by atoms with Crippen LogP contribution in [-0.4, -0.2) is 61.1 Å². The maximum absolute atomic E-state index is 11.5. The van der Waals surface area contributed by atoms with Gasteiger partial charge in [-0.2, -0.15) is 0 Å². The van der Waals surface area contributed by atoms with Gasteiger partial charge >= 0.3 is 23.9 Å². The van der Waals surface area contributed by atoms with E-state index < -0.39 is 54.5 Å². The van der Waals surface area contributed by atoms with Gasteiger partial charge in [-0.1, -0.05) is 5.11 Å². The van der Waals surface area contributed by atoms with Gasteiger partial charge in [-0.15, -0.1) is 0 Å². The number of carbonyl (C=O) groups is 4. The first-order valence-electron chi connectivity index (χ1n) is 7.50. The molecule has 1 unspecified atom stereocenters. The molecule has 0 N–H and O–H groups in total. The normalized spacial score (nSPS) is 27.5. The molecule has 0 aromatic carbocycles. The Morgan fingerprint density at radius 1 is 0.923 bits per heavy atom. The minimum absolute atomic E-state index is 0.383. The van der Waals surface area contributed by atoms with Crippen molar-refractivity contribution in [1.82, 2.24) is 0 Å². The predicted molar refractivity (Wildman–Crippen MR) is 81.1 cm³/mol. The molecule has 12 nitrogen and oxygen atoms in total. The number of rotatable bonds is 6. The lowest BCUT2D eigenvalue weighted by Crippen LogP contribution is -2.61. The molecule has 26 heavy (non-hydrogen) atoms. The number of esters is 4. The molecule has 0 aromatic rings. The van der Waals surface area contributed by atoms with Crippen LogP contribution < -0.4 is 0 Å². The van der Waals surface area contributed by atoms with Crippen LogP contribution in [0.1, 0.15) is 27.7 Å². The highest BCUT2D eigenvalue weighted by molar-refractivity contribution is 5.68. The summed E-state index contributed by atoms with van der Waals surface area (Å²) in [5, 5.41) is 3.44. The Balaban J connectivity index is 3.28. The summed E-state index contributed by atoms with van der Waals surface area (Å²) in [4.78, 5) is 47.9. The van der Waals surface area contributed by atoms with E-state index in [1.165, 1.54) is 0 Å². The fourth-order valence-corrected chi connectivity index (χ4v) is 2.33. The fraction of sp³-hybridized carbons (Fsp3) is 0.714. The molecule has 1 fully saturated rings. The van der Waals surface area contributed by atoms with Crippen molar-refractivity contribution in [2.24, 2.45) is 5.11 Å².